The van der Waals surface area contributed by atoms with Crippen LogP contribution in [0.25, 0.3) is 34.5 Å². The molecular formula is C33H25Cl2FN2O3. The lowest BCUT2D eigenvalue weighted by Gasteiger charge is -2.14. The number of hydrogen-bond acceptors (Lipinski definition) is 3. The van der Waals surface area contributed by atoms with Crippen LogP contribution in [0.1, 0.15) is 34.2 Å². The van der Waals surface area contributed by atoms with Gasteiger partial charge in [-0.25, -0.2) is 14.2 Å². The van der Waals surface area contributed by atoms with Gasteiger partial charge in [0.15, 0.2) is 0 Å². The second kappa shape index (κ2) is 12.4. The number of benzene rings is 4. The maximum Gasteiger partial charge on any atom is 0.335 e. The molecule has 0 spiro atoms. The van der Waals surface area contributed by atoms with Gasteiger partial charge in [0.1, 0.15) is 24.0 Å². The Bertz CT molecular complexity index is 1730. The van der Waals surface area contributed by atoms with Crippen molar-refractivity contribution in [1.29, 1.82) is 0 Å². The van der Waals surface area contributed by atoms with Crippen molar-refractivity contribution in [3.8, 4) is 28.1 Å². The SMILES string of the molecule is CCn1cc(-c2ccc(Cl)cc2Cl)nc1/C=C/c1c(OCc2ccc(C(=O)O)cc2)ccc(-c2ccccc2)c1F. The largest absolute Gasteiger partial charge is 0.488 e. The minimum absolute atomic E-state index is 0.133. The highest BCUT2D eigenvalue weighted by atomic mass is 35.5. The molecule has 206 valence electrons. The highest BCUT2D eigenvalue weighted by molar-refractivity contribution is 6.36. The van der Waals surface area contributed by atoms with E-state index in [0.717, 1.165) is 16.7 Å². The van der Waals surface area contributed by atoms with Gasteiger partial charge < -0.3 is 14.4 Å². The normalized spacial score (nSPS) is 11.2. The number of carbonyl (C=O) groups is 1. The van der Waals surface area contributed by atoms with Crippen molar-refractivity contribution in [3.05, 3.63) is 130 Å². The van der Waals surface area contributed by atoms with Gasteiger partial charge >= 0.3 is 5.97 Å². The number of aromatic carboxylic acids is 1. The van der Waals surface area contributed by atoms with E-state index in [4.69, 9.17) is 38.0 Å². The van der Waals surface area contributed by atoms with Crippen LogP contribution in [0.2, 0.25) is 10.0 Å². The first-order valence-electron chi connectivity index (χ1n) is 12.9. The lowest BCUT2D eigenvalue weighted by Crippen LogP contribution is -2.01. The molecule has 0 saturated heterocycles. The van der Waals surface area contributed by atoms with Crippen LogP contribution in [-0.4, -0.2) is 20.6 Å². The first-order valence-corrected chi connectivity index (χ1v) is 13.6. The number of aryl methyl sites for hydroxylation is 1. The van der Waals surface area contributed by atoms with Crippen LogP contribution in [0.4, 0.5) is 4.39 Å². The molecule has 0 saturated carbocycles. The lowest BCUT2D eigenvalue weighted by molar-refractivity contribution is 0.0697. The third kappa shape index (κ3) is 6.35. The molecule has 0 aliphatic rings. The van der Waals surface area contributed by atoms with E-state index in [1.54, 1.807) is 48.6 Å². The molecule has 1 aromatic heterocycles. The number of carboxylic acids is 1. The monoisotopic (exact) mass is 586 g/mol. The van der Waals surface area contributed by atoms with Crippen LogP contribution in [0.15, 0.2) is 91.1 Å². The van der Waals surface area contributed by atoms with E-state index in [0.29, 0.717) is 39.4 Å². The summed E-state index contributed by atoms with van der Waals surface area (Å²) in [6, 6.07) is 24.3. The number of halogens is 3. The quantitative estimate of drug-likeness (QED) is 0.187. The Hall–Kier alpha value is -4.39. The van der Waals surface area contributed by atoms with E-state index in [1.165, 1.54) is 12.1 Å². The van der Waals surface area contributed by atoms with Crippen molar-refractivity contribution < 1.29 is 19.0 Å². The smallest absolute Gasteiger partial charge is 0.335 e. The summed E-state index contributed by atoms with van der Waals surface area (Å²) in [7, 11) is 0. The molecule has 5 aromatic rings. The van der Waals surface area contributed by atoms with Crippen LogP contribution < -0.4 is 4.74 Å². The number of nitrogens with zero attached hydrogens (tertiary/aromatic N) is 2. The van der Waals surface area contributed by atoms with Crippen LogP contribution in [0.3, 0.4) is 0 Å². The fourth-order valence-electron chi connectivity index (χ4n) is 4.40. The summed E-state index contributed by atoms with van der Waals surface area (Å²) in [6.45, 7) is 2.76. The number of hydrogen-bond donors (Lipinski definition) is 1. The highest BCUT2D eigenvalue weighted by Crippen LogP contribution is 2.34. The molecule has 0 aliphatic carbocycles. The van der Waals surface area contributed by atoms with Gasteiger partial charge in [-0.2, -0.15) is 0 Å². The number of aromatic nitrogens is 2. The van der Waals surface area contributed by atoms with Crippen molar-refractivity contribution in [2.45, 2.75) is 20.1 Å². The minimum Gasteiger partial charge on any atom is -0.488 e. The van der Waals surface area contributed by atoms with E-state index in [1.807, 2.05) is 54.1 Å². The first-order chi connectivity index (χ1) is 19.8. The van der Waals surface area contributed by atoms with Crippen molar-refractivity contribution >= 4 is 41.3 Å². The van der Waals surface area contributed by atoms with E-state index in [9.17, 15) is 4.79 Å². The molecule has 0 amide bonds. The van der Waals surface area contributed by atoms with E-state index < -0.39 is 11.8 Å². The second-order valence-corrected chi connectivity index (χ2v) is 10.1. The number of ether oxygens (including phenoxy) is 1. The molecule has 1 N–H and O–H groups in total. The number of imidazole rings is 1. The Kier molecular flexibility index (Phi) is 8.53. The maximum atomic E-state index is 16.1. The number of rotatable bonds is 9. The summed E-state index contributed by atoms with van der Waals surface area (Å²) in [5.41, 5.74) is 3.80. The fraction of sp³-hybridized carbons (Fsp3) is 0.0909. The molecule has 0 unspecified atom stereocenters. The van der Waals surface area contributed by atoms with Crippen molar-refractivity contribution in [1.82, 2.24) is 9.55 Å². The van der Waals surface area contributed by atoms with E-state index in [-0.39, 0.29) is 17.7 Å². The summed E-state index contributed by atoms with van der Waals surface area (Å²) >= 11 is 12.5. The van der Waals surface area contributed by atoms with Gasteiger partial charge in [-0.15, -0.1) is 0 Å². The molecule has 41 heavy (non-hydrogen) atoms. The minimum atomic E-state index is -1.00. The second-order valence-electron chi connectivity index (χ2n) is 9.22. The molecule has 8 heteroatoms. The summed E-state index contributed by atoms with van der Waals surface area (Å²) < 4.78 is 24.1. The Morgan fingerprint density at radius 2 is 1.71 bits per heavy atom. The zero-order chi connectivity index (χ0) is 28.9. The number of carboxylic acid groups (broad SMARTS) is 1. The zero-order valence-corrected chi connectivity index (χ0v) is 23.5. The van der Waals surface area contributed by atoms with E-state index in [2.05, 4.69) is 0 Å². The predicted molar refractivity (Wildman–Crippen MR) is 162 cm³/mol. The fourth-order valence-corrected chi connectivity index (χ4v) is 4.91. The topological polar surface area (TPSA) is 64.4 Å². The summed E-state index contributed by atoms with van der Waals surface area (Å²) in [5, 5.41) is 10.2. The Morgan fingerprint density at radius 1 is 0.976 bits per heavy atom. The van der Waals surface area contributed by atoms with Crippen LogP contribution in [0, 0.1) is 5.82 Å². The molecule has 5 nitrogen and oxygen atoms in total. The molecule has 0 fully saturated rings. The van der Waals surface area contributed by atoms with Crippen LogP contribution in [0.5, 0.6) is 5.75 Å². The lowest BCUT2D eigenvalue weighted by atomic mass is 10.0. The van der Waals surface area contributed by atoms with Crippen molar-refractivity contribution in [2.75, 3.05) is 0 Å². The zero-order valence-electron chi connectivity index (χ0n) is 22.0. The Morgan fingerprint density at radius 3 is 2.39 bits per heavy atom. The molecule has 0 aliphatic heterocycles. The van der Waals surface area contributed by atoms with Crippen molar-refractivity contribution in [2.24, 2.45) is 0 Å². The highest BCUT2D eigenvalue weighted by Gasteiger charge is 2.16. The van der Waals surface area contributed by atoms with Gasteiger partial charge in [0.05, 0.1) is 21.8 Å². The van der Waals surface area contributed by atoms with Crippen molar-refractivity contribution in [3.63, 3.8) is 0 Å². The van der Waals surface area contributed by atoms with Crippen LogP contribution >= 0.6 is 23.2 Å². The molecule has 0 radical (unpaired) electrons. The van der Waals surface area contributed by atoms with Crippen LogP contribution in [-0.2, 0) is 13.2 Å². The van der Waals surface area contributed by atoms with Gasteiger partial charge in [0, 0.05) is 28.9 Å². The standard InChI is InChI=1S/C33H25Cl2FN2O3/c1-2-38-19-29(26-13-12-24(34)18-28(26)35)37-31(38)17-15-27-30(41-20-21-8-10-23(11-9-21)33(39)40)16-14-25(32(27)36)22-6-4-3-5-7-22/h3-19H,2,20H2,1H3,(H,39,40)/b17-15+. The summed E-state index contributed by atoms with van der Waals surface area (Å²) in [6.07, 6.45) is 5.30. The third-order valence-corrected chi connectivity index (χ3v) is 7.12. The first kappa shape index (κ1) is 28.1. The molecule has 0 bridgehead atoms. The van der Waals surface area contributed by atoms with Gasteiger partial charge in [-0.05, 0) is 72.7 Å². The molecule has 4 aromatic carbocycles. The molecule has 0 atom stereocenters. The Balaban J connectivity index is 1.51. The molecule has 1 heterocycles. The summed E-state index contributed by atoms with van der Waals surface area (Å²) in [5.74, 6) is -0.471. The maximum absolute atomic E-state index is 16.1. The molecular weight excluding hydrogens is 562 g/mol. The average Bonchev–Trinajstić information content (AvgIpc) is 3.39. The Labute approximate surface area is 247 Å². The van der Waals surface area contributed by atoms with Gasteiger partial charge in [0.2, 0.25) is 0 Å². The van der Waals surface area contributed by atoms with E-state index >= 15 is 4.39 Å². The van der Waals surface area contributed by atoms with Gasteiger partial charge in [0.25, 0.3) is 0 Å². The third-order valence-electron chi connectivity index (χ3n) is 6.57. The van der Waals surface area contributed by atoms with Gasteiger partial charge in [-0.1, -0.05) is 65.7 Å². The molecule has 5 rings (SSSR count). The predicted octanol–water partition coefficient (Wildman–Crippen LogP) is 9.13. The average molecular weight is 587 g/mol. The van der Waals surface area contributed by atoms with Gasteiger partial charge in [-0.3, -0.25) is 0 Å². The summed E-state index contributed by atoms with van der Waals surface area (Å²) in [4.78, 5) is 15.9.